The first-order valence-electron chi connectivity index (χ1n) is 11.3. The smallest absolute Gasteiger partial charge is 0.330 e. The van der Waals surface area contributed by atoms with Crippen LogP contribution >= 0.6 is 0 Å². The van der Waals surface area contributed by atoms with Crippen LogP contribution in [0.1, 0.15) is 117 Å². The summed E-state index contributed by atoms with van der Waals surface area (Å²) < 4.78 is 4.82. The quantitative estimate of drug-likeness (QED) is 0.101. The molecule has 0 aromatic rings. The molecule has 0 unspecified atom stereocenters. The highest BCUT2D eigenvalue weighted by atomic mass is 16.5. The summed E-state index contributed by atoms with van der Waals surface area (Å²) in [6.45, 7) is 4.54. The lowest BCUT2D eigenvalue weighted by Crippen LogP contribution is -1.98. The summed E-state index contributed by atoms with van der Waals surface area (Å²) in [5.41, 5.74) is 0. The molecule has 0 saturated heterocycles. The minimum atomic E-state index is -0.260. The molecule has 0 aliphatic heterocycles. The Labute approximate surface area is 163 Å². The molecule has 2 nitrogen and oxygen atoms in total. The average Bonchev–Trinajstić information content (AvgIpc) is 2.64. The van der Waals surface area contributed by atoms with Crippen molar-refractivity contribution in [3.8, 4) is 0 Å². The lowest BCUT2D eigenvalue weighted by atomic mass is 10.0. The van der Waals surface area contributed by atoms with E-state index in [0.717, 1.165) is 6.42 Å². The lowest BCUT2D eigenvalue weighted by molar-refractivity contribution is -0.137. The fourth-order valence-corrected chi connectivity index (χ4v) is 3.13. The zero-order valence-corrected chi connectivity index (χ0v) is 17.6. The molecule has 0 spiro atoms. The van der Waals surface area contributed by atoms with Crippen LogP contribution in [0.15, 0.2) is 24.3 Å². The molecule has 152 valence electrons. The molecule has 0 bridgehead atoms. The molecule has 0 rings (SSSR count). The minimum absolute atomic E-state index is 0.260. The van der Waals surface area contributed by atoms with Crippen LogP contribution in [0.3, 0.4) is 0 Å². The van der Waals surface area contributed by atoms with E-state index in [1.165, 1.54) is 102 Å². The number of carbonyl (C=O) groups excluding carboxylic acids is 1. The summed E-state index contributed by atoms with van der Waals surface area (Å²) in [7, 11) is 0. The molecule has 0 N–H and O–H groups in total. The summed E-state index contributed by atoms with van der Waals surface area (Å²) in [5, 5.41) is 0. The minimum Gasteiger partial charge on any atom is -0.463 e. The lowest BCUT2D eigenvalue weighted by Gasteiger charge is -2.03. The van der Waals surface area contributed by atoms with Gasteiger partial charge in [-0.3, -0.25) is 0 Å². The Kier molecular flexibility index (Phi) is 21.1. The third kappa shape index (κ3) is 21.0. The number of esters is 1. The molecule has 0 aromatic carbocycles. The van der Waals surface area contributed by atoms with Gasteiger partial charge in [-0.1, -0.05) is 115 Å². The number of ether oxygens (including phenoxy) is 1. The number of unbranched alkanes of at least 4 members (excludes halogenated alkanes) is 15. The first kappa shape index (κ1) is 24.9. The van der Waals surface area contributed by atoms with E-state index in [-0.39, 0.29) is 5.97 Å². The number of hydrogen-bond donors (Lipinski definition) is 0. The predicted octanol–water partition coefficient (Wildman–Crippen LogP) is 7.92. The Hall–Kier alpha value is -1.05. The van der Waals surface area contributed by atoms with Gasteiger partial charge in [0.05, 0.1) is 6.61 Å². The molecule has 26 heavy (non-hydrogen) atoms. The summed E-state index contributed by atoms with van der Waals surface area (Å²) in [6.07, 6.45) is 29.5. The van der Waals surface area contributed by atoms with Crippen molar-refractivity contribution >= 4 is 5.97 Å². The van der Waals surface area contributed by atoms with Gasteiger partial charge in [0.15, 0.2) is 0 Å². The second-order valence-corrected chi connectivity index (χ2v) is 7.28. The zero-order valence-electron chi connectivity index (χ0n) is 17.6. The van der Waals surface area contributed by atoms with Crippen LogP contribution < -0.4 is 0 Å². The molecule has 0 aromatic heterocycles. The molecule has 0 fully saturated rings. The van der Waals surface area contributed by atoms with Gasteiger partial charge in [0.2, 0.25) is 0 Å². The highest BCUT2D eigenvalue weighted by Crippen LogP contribution is 2.13. The topological polar surface area (TPSA) is 26.3 Å². The van der Waals surface area contributed by atoms with E-state index in [1.54, 1.807) is 6.08 Å². The molecule has 0 aliphatic carbocycles. The number of hydrogen-bond acceptors (Lipinski definition) is 2. The van der Waals surface area contributed by atoms with Gasteiger partial charge in [-0.05, 0) is 19.8 Å². The largest absolute Gasteiger partial charge is 0.463 e. The van der Waals surface area contributed by atoms with Crippen LogP contribution in [0.25, 0.3) is 0 Å². The molecule has 0 atom stereocenters. The van der Waals surface area contributed by atoms with Gasteiger partial charge >= 0.3 is 5.97 Å². The van der Waals surface area contributed by atoms with Crippen molar-refractivity contribution in [3.05, 3.63) is 24.3 Å². The van der Waals surface area contributed by atoms with Gasteiger partial charge in [0.25, 0.3) is 0 Å². The van der Waals surface area contributed by atoms with Gasteiger partial charge < -0.3 is 4.74 Å². The average molecular weight is 365 g/mol. The number of rotatable bonds is 19. The number of allylic oxidation sites excluding steroid dienone is 3. The third-order valence-electron chi connectivity index (χ3n) is 4.74. The van der Waals surface area contributed by atoms with Crippen LogP contribution in [0, 0.1) is 0 Å². The molecule has 0 amide bonds. The first-order chi connectivity index (χ1) is 12.8. The van der Waals surface area contributed by atoms with Gasteiger partial charge in [0, 0.05) is 6.08 Å². The fourth-order valence-electron chi connectivity index (χ4n) is 3.13. The highest BCUT2D eigenvalue weighted by molar-refractivity contribution is 5.82. The van der Waals surface area contributed by atoms with Crippen LogP contribution in [0.2, 0.25) is 0 Å². The van der Waals surface area contributed by atoms with Crippen molar-refractivity contribution in [2.24, 2.45) is 0 Å². The standard InChI is InChI=1S/C24H44O2/c1-3-5-6-7-8-9-10-11-12-13-14-15-16-17-18-19-20-21-22-23-24(25)26-4-2/h20-23H,3-19H2,1-2H3/b21-20+,23-22+. The first-order valence-corrected chi connectivity index (χ1v) is 11.3. The van der Waals surface area contributed by atoms with Crippen LogP contribution in [-0.2, 0) is 9.53 Å². The summed E-state index contributed by atoms with van der Waals surface area (Å²) >= 11 is 0. The molecule has 0 heterocycles. The second kappa shape index (κ2) is 22.0. The molecule has 2 heteroatoms. The Bertz CT molecular complexity index is 344. The van der Waals surface area contributed by atoms with Crippen molar-refractivity contribution < 1.29 is 9.53 Å². The summed E-state index contributed by atoms with van der Waals surface area (Å²) in [6, 6.07) is 0. The van der Waals surface area contributed by atoms with Crippen molar-refractivity contribution in [1.82, 2.24) is 0 Å². The van der Waals surface area contributed by atoms with Crippen LogP contribution in [0.5, 0.6) is 0 Å². The van der Waals surface area contributed by atoms with Crippen LogP contribution in [0.4, 0.5) is 0 Å². The normalized spacial score (nSPS) is 11.6. The van der Waals surface area contributed by atoms with E-state index in [4.69, 9.17) is 4.74 Å². The fraction of sp³-hybridized carbons (Fsp3) is 0.792. The maximum absolute atomic E-state index is 11.1. The van der Waals surface area contributed by atoms with E-state index in [1.807, 2.05) is 13.0 Å². The Morgan fingerprint density at radius 3 is 1.58 bits per heavy atom. The highest BCUT2D eigenvalue weighted by Gasteiger charge is 1.94. The Balaban J connectivity index is 3.16. The second-order valence-electron chi connectivity index (χ2n) is 7.28. The predicted molar refractivity (Wildman–Crippen MR) is 114 cm³/mol. The van der Waals surface area contributed by atoms with E-state index in [2.05, 4.69) is 13.0 Å². The van der Waals surface area contributed by atoms with Gasteiger partial charge in [0.1, 0.15) is 0 Å². The maximum atomic E-state index is 11.1. The van der Waals surface area contributed by atoms with Crippen molar-refractivity contribution in [3.63, 3.8) is 0 Å². The molecular formula is C24H44O2. The summed E-state index contributed by atoms with van der Waals surface area (Å²) in [4.78, 5) is 11.1. The van der Waals surface area contributed by atoms with E-state index in [9.17, 15) is 4.79 Å². The van der Waals surface area contributed by atoms with Crippen molar-refractivity contribution in [1.29, 1.82) is 0 Å². The molecular weight excluding hydrogens is 320 g/mol. The van der Waals surface area contributed by atoms with Crippen molar-refractivity contribution in [2.75, 3.05) is 6.61 Å². The van der Waals surface area contributed by atoms with Gasteiger partial charge in [-0.25, -0.2) is 4.79 Å². The van der Waals surface area contributed by atoms with Gasteiger partial charge in [-0.15, -0.1) is 0 Å². The molecule has 0 saturated carbocycles. The monoisotopic (exact) mass is 364 g/mol. The SMILES string of the molecule is CCCCCCCCCCCCCCCCC/C=C/C=C/C(=O)OCC. The Morgan fingerprint density at radius 2 is 1.12 bits per heavy atom. The van der Waals surface area contributed by atoms with E-state index in [0.29, 0.717) is 6.61 Å². The summed E-state index contributed by atoms with van der Waals surface area (Å²) in [5.74, 6) is -0.260. The van der Waals surface area contributed by atoms with E-state index >= 15 is 0 Å². The van der Waals surface area contributed by atoms with Crippen LogP contribution in [-0.4, -0.2) is 12.6 Å². The Morgan fingerprint density at radius 1 is 0.654 bits per heavy atom. The van der Waals surface area contributed by atoms with E-state index < -0.39 is 0 Å². The number of carbonyl (C=O) groups is 1. The molecule has 0 aliphatic rings. The van der Waals surface area contributed by atoms with Gasteiger partial charge in [-0.2, -0.15) is 0 Å². The molecule has 0 radical (unpaired) electrons. The zero-order chi connectivity index (χ0) is 19.1. The third-order valence-corrected chi connectivity index (χ3v) is 4.74. The maximum Gasteiger partial charge on any atom is 0.330 e. The van der Waals surface area contributed by atoms with Crippen molar-refractivity contribution in [2.45, 2.75) is 117 Å².